The normalized spacial score (nSPS) is 15.7. The maximum Gasteiger partial charge on any atom is 0.176 e. The Morgan fingerprint density at radius 2 is 1.53 bits per heavy atom. The van der Waals surface area contributed by atoms with Gasteiger partial charge in [-0.05, 0) is 46.5 Å². The lowest BCUT2D eigenvalue weighted by atomic mass is 10.1. The van der Waals surface area contributed by atoms with Crippen LogP contribution in [0.5, 0.6) is 0 Å². The molecule has 1 aromatic heterocycles. The van der Waals surface area contributed by atoms with E-state index < -0.39 is 0 Å². The van der Waals surface area contributed by atoms with Gasteiger partial charge in [-0.2, -0.15) is 4.68 Å². The molecule has 1 saturated heterocycles. The molecule has 3 aromatic carbocycles. The molecule has 7 heteroatoms. The van der Waals surface area contributed by atoms with Crippen molar-refractivity contribution in [1.29, 1.82) is 0 Å². The summed E-state index contributed by atoms with van der Waals surface area (Å²) in [6.45, 7) is 10.1. The molecule has 0 saturated carbocycles. The first-order valence-electron chi connectivity index (χ1n) is 13.3. The van der Waals surface area contributed by atoms with Gasteiger partial charge >= 0.3 is 0 Å². The molecule has 4 aromatic rings. The van der Waals surface area contributed by atoms with Crippen molar-refractivity contribution in [3.05, 3.63) is 113 Å². The van der Waals surface area contributed by atoms with Crippen molar-refractivity contribution in [3.8, 4) is 5.69 Å². The zero-order valence-corrected chi connectivity index (χ0v) is 22.3. The van der Waals surface area contributed by atoms with Crippen LogP contribution in [-0.2, 0) is 11.3 Å². The number of benzene rings is 3. The average molecular weight is 509 g/mol. The number of ether oxygens (including phenoxy) is 1. The quantitative estimate of drug-likeness (QED) is 0.305. The number of aryl methyl sites for hydroxylation is 2. The molecule has 1 aliphatic heterocycles. The van der Waals surface area contributed by atoms with Crippen LogP contribution in [0.3, 0.4) is 0 Å². The highest BCUT2D eigenvalue weighted by Gasteiger charge is 2.30. The molecule has 7 nitrogen and oxygen atoms in total. The summed E-state index contributed by atoms with van der Waals surface area (Å²) in [5, 5.41) is 13.1. The Morgan fingerprint density at radius 1 is 0.842 bits per heavy atom. The average Bonchev–Trinajstić information content (AvgIpc) is 3.42. The van der Waals surface area contributed by atoms with Gasteiger partial charge in [0.2, 0.25) is 0 Å². The summed E-state index contributed by atoms with van der Waals surface area (Å²) in [6.07, 6.45) is 4.46. The molecule has 0 spiro atoms. The van der Waals surface area contributed by atoms with Crippen molar-refractivity contribution in [2.24, 2.45) is 0 Å². The predicted molar refractivity (Wildman–Crippen MR) is 151 cm³/mol. The highest BCUT2D eigenvalue weighted by Crippen LogP contribution is 2.26. The van der Waals surface area contributed by atoms with Gasteiger partial charge in [0.25, 0.3) is 0 Å². The van der Waals surface area contributed by atoms with Gasteiger partial charge in [-0.25, -0.2) is 0 Å². The summed E-state index contributed by atoms with van der Waals surface area (Å²) in [7, 11) is 0. The van der Waals surface area contributed by atoms with Crippen LogP contribution >= 0.6 is 0 Å². The van der Waals surface area contributed by atoms with Crippen LogP contribution in [0.25, 0.3) is 11.8 Å². The predicted octanol–water partition coefficient (Wildman–Crippen LogP) is 4.87. The van der Waals surface area contributed by atoms with Crippen LogP contribution in [0.2, 0.25) is 0 Å². The first kappa shape index (κ1) is 26.0. The van der Waals surface area contributed by atoms with Gasteiger partial charge in [-0.1, -0.05) is 91.0 Å². The molecule has 0 radical (unpaired) electrons. The standard InChI is InChI=1S/C31H36N6O/c1-25-11-9-12-26(2)30(25)37-31(32-33-34-37)29(24-38-23-28-15-7-4-8-16-28)36-21-19-35(20-22-36)18-10-17-27-13-5-3-6-14-27/h3-17,29H,18-24H2,1-2H3. The molecular weight excluding hydrogens is 472 g/mol. The second-order valence-electron chi connectivity index (χ2n) is 9.86. The molecule has 0 N–H and O–H groups in total. The number of piperazine rings is 1. The molecule has 0 aliphatic carbocycles. The van der Waals surface area contributed by atoms with Gasteiger partial charge in [0, 0.05) is 32.7 Å². The number of tetrazole rings is 1. The number of hydrogen-bond acceptors (Lipinski definition) is 6. The van der Waals surface area contributed by atoms with Gasteiger partial charge in [0.1, 0.15) is 0 Å². The fourth-order valence-electron chi connectivity index (χ4n) is 5.07. The van der Waals surface area contributed by atoms with Gasteiger partial charge in [0.15, 0.2) is 5.82 Å². The summed E-state index contributed by atoms with van der Waals surface area (Å²) in [6, 6.07) is 27.0. The van der Waals surface area contributed by atoms with E-state index in [-0.39, 0.29) is 6.04 Å². The van der Waals surface area contributed by atoms with Crippen LogP contribution in [0.15, 0.2) is 84.9 Å². The van der Waals surface area contributed by atoms with Crippen molar-refractivity contribution in [2.75, 3.05) is 39.3 Å². The lowest BCUT2D eigenvalue weighted by molar-refractivity contribution is 0.0225. The maximum absolute atomic E-state index is 6.28. The van der Waals surface area contributed by atoms with Crippen LogP contribution < -0.4 is 0 Å². The zero-order valence-electron chi connectivity index (χ0n) is 22.3. The minimum Gasteiger partial charge on any atom is -0.375 e. The van der Waals surface area contributed by atoms with E-state index in [9.17, 15) is 0 Å². The topological polar surface area (TPSA) is 59.3 Å². The summed E-state index contributed by atoms with van der Waals surface area (Å²) in [5.74, 6) is 0.827. The Balaban J connectivity index is 1.30. The van der Waals surface area contributed by atoms with E-state index >= 15 is 0 Å². The molecule has 38 heavy (non-hydrogen) atoms. The molecule has 1 atom stereocenters. The molecule has 196 valence electrons. The first-order valence-corrected chi connectivity index (χ1v) is 13.3. The van der Waals surface area contributed by atoms with Crippen molar-refractivity contribution >= 4 is 6.08 Å². The highest BCUT2D eigenvalue weighted by atomic mass is 16.5. The van der Waals surface area contributed by atoms with Gasteiger partial charge in [-0.3, -0.25) is 9.80 Å². The van der Waals surface area contributed by atoms with Crippen LogP contribution in [-0.4, -0.2) is 69.3 Å². The zero-order chi connectivity index (χ0) is 26.2. The van der Waals surface area contributed by atoms with E-state index in [1.54, 1.807) is 0 Å². The molecule has 0 amide bonds. The summed E-state index contributed by atoms with van der Waals surface area (Å²) >= 11 is 0. The van der Waals surface area contributed by atoms with Crippen molar-refractivity contribution in [3.63, 3.8) is 0 Å². The molecular formula is C31H36N6O. The highest BCUT2D eigenvalue weighted by molar-refractivity contribution is 5.49. The smallest absolute Gasteiger partial charge is 0.176 e. The van der Waals surface area contributed by atoms with Crippen molar-refractivity contribution in [1.82, 2.24) is 30.0 Å². The van der Waals surface area contributed by atoms with E-state index in [0.29, 0.717) is 13.2 Å². The molecule has 2 heterocycles. The molecule has 1 aliphatic rings. The third-order valence-corrected chi connectivity index (χ3v) is 7.15. The van der Waals surface area contributed by atoms with Gasteiger partial charge in [0.05, 0.1) is 24.9 Å². The molecule has 1 fully saturated rings. The number of para-hydroxylation sites is 1. The molecule has 1 unspecified atom stereocenters. The lowest BCUT2D eigenvalue weighted by Gasteiger charge is -2.38. The van der Waals surface area contributed by atoms with E-state index in [4.69, 9.17) is 4.74 Å². The van der Waals surface area contributed by atoms with Gasteiger partial charge in [-0.15, -0.1) is 5.10 Å². The summed E-state index contributed by atoms with van der Waals surface area (Å²) < 4.78 is 8.19. The minimum absolute atomic E-state index is 0.0465. The Morgan fingerprint density at radius 3 is 2.24 bits per heavy atom. The van der Waals surface area contributed by atoms with E-state index in [1.165, 1.54) is 5.56 Å². The number of aromatic nitrogens is 4. The number of rotatable bonds is 10. The number of nitrogens with zero attached hydrogens (tertiary/aromatic N) is 6. The fraction of sp³-hybridized carbons (Fsp3) is 0.323. The molecule has 5 rings (SSSR count). The Kier molecular flexibility index (Phi) is 8.71. The first-order chi connectivity index (χ1) is 18.7. The minimum atomic E-state index is -0.0465. The van der Waals surface area contributed by atoms with E-state index in [0.717, 1.165) is 60.9 Å². The monoisotopic (exact) mass is 508 g/mol. The van der Waals surface area contributed by atoms with E-state index in [1.807, 2.05) is 28.9 Å². The third kappa shape index (κ3) is 6.42. The van der Waals surface area contributed by atoms with Crippen molar-refractivity contribution < 1.29 is 4.74 Å². The largest absolute Gasteiger partial charge is 0.375 e. The van der Waals surface area contributed by atoms with Crippen LogP contribution in [0.4, 0.5) is 0 Å². The Hall–Kier alpha value is -3.65. The van der Waals surface area contributed by atoms with Crippen molar-refractivity contribution in [2.45, 2.75) is 26.5 Å². The summed E-state index contributed by atoms with van der Waals surface area (Å²) in [4.78, 5) is 4.96. The van der Waals surface area contributed by atoms with Crippen LogP contribution in [0.1, 0.15) is 34.1 Å². The second kappa shape index (κ2) is 12.7. The Bertz CT molecular complexity index is 1290. The second-order valence-corrected chi connectivity index (χ2v) is 9.86. The van der Waals surface area contributed by atoms with Gasteiger partial charge < -0.3 is 4.74 Å². The molecule has 0 bridgehead atoms. The SMILES string of the molecule is Cc1cccc(C)c1-n1nnnc1C(COCc1ccccc1)N1CCN(CC=Cc2ccccc2)CC1. The number of hydrogen-bond donors (Lipinski definition) is 0. The van der Waals surface area contributed by atoms with E-state index in [2.05, 4.69) is 106 Å². The third-order valence-electron chi connectivity index (χ3n) is 7.15. The lowest BCUT2D eigenvalue weighted by Crippen LogP contribution is -2.49. The fourth-order valence-corrected chi connectivity index (χ4v) is 5.07. The van der Waals surface area contributed by atoms with Crippen LogP contribution in [0, 0.1) is 13.8 Å². The maximum atomic E-state index is 6.28. The Labute approximate surface area is 225 Å². The summed E-state index contributed by atoms with van der Waals surface area (Å²) in [5.41, 5.74) is 5.75.